The molecule has 0 aliphatic carbocycles. The predicted molar refractivity (Wildman–Crippen MR) is 106 cm³/mol. The Hall–Kier alpha value is -2.46. The number of hydrogen-bond donors (Lipinski definition) is 2. The van der Waals surface area contributed by atoms with Crippen molar-refractivity contribution in [1.29, 1.82) is 0 Å². The lowest BCUT2D eigenvalue weighted by Gasteiger charge is -2.29. The number of hydrogen-bond acceptors (Lipinski definition) is 6. The average Bonchev–Trinajstić information content (AvgIpc) is 2.70. The minimum Gasteiger partial charge on any atom is -0.378 e. The summed E-state index contributed by atoms with van der Waals surface area (Å²) in [6.45, 7) is 5.05. The van der Waals surface area contributed by atoms with Crippen molar-refractivity contribution in [2.45, 2.75) is 11.8 Å². The smallest absolute Gasteiger partial charge is 0.262 e. The number of rotatable bonds is 6. The fourth-order valence-corrected chi connectivity index (χ4v) is 3.75. The molecule has 0 spiro atoms. The van der Waals surface area contributed by atoms with Crippen molar-refractivity contribution in [3.05, 3.63) is 53.6 Å². The summed E-state index contributed by atoms with van der Waals surface area (Å²) < 4.78 is 29.1. The van der Waals surface area contributed by atoms with Gasteiger partial charge in [-0.25, -0.2) is 8.42 Å². The Morgan fingerprint density at radius 2 is 1.79 bits per heavy atom. The summed E-state index contributed by atoms with van der Waals surface area (Å²) in [4.78, 5) is 21.2. The largest absolute Gasteiger partial charge is 0.378 e. The van der Waals surface area contributed by atoms with Gasteiger partial charge in [-0.2, -0.15) is 0 Å². The number of nitrogens with one attached hydrogen (secondary N) is 2. The second-order valence-corrected chi connectivity index (χ2v) is 8.01. The molecule has 1 heterocycles. The number of nitrogens with zero attached hydrogens (tertiary/aromatic N) is 1. The van der Waals surface area contributed by atoms with Crippen LogP contribution in [-0.2, 0) is 19.6 Å². The van der Waals surface area contributed by atoms with Crippen LogP contribution in [0.4, 0.5) is 11.4 Å². The van der Waals surface area contributed by atoms with Crippen LogP contribution < -0.4 is 15.1 Å². The van der Waals surface area contributed by atoms with E-state index in [9.17, 15) is 13.2 Å². The van der Waals surface area contributed by atoms with Crippen molar-refractivity contribution in [1.82, 2.24) is 4.89 Å². The van der Waals surface area contributed by atoms with E-state index >= 15 is 0 Å². The van der Waals surface area contributed by atoms with Crippen LogP contribution in [0.3, 0.4) is 0 Å². The maximum atomic E-state index is 12.5. The van der Waals surface area contributed by atoms with Crippen LogP contribution in [0.25, 0.3) is 0 Å². The van der Waals surface area contributed by atoms with Gasteiger partial charge in [0.1, 0.15) is 0 Å². The second-order valence-electron chi connectivity index (χ2n) is 6.37. The normalized spacial score (nSPS) is 14.7. The van der Waals surface area contributed by atoms with Crippen molar-refractivity contribution >= 4 is 27.3 Å². The lowest BCUT2D eigenvalue weighted by atomic mass is 10.1. The Balaban J connectivity index is 1.70. The average molecular weight is 405 g/mol. The fraction of sp³-hybridized carbons (Fsp3) is 0.316. The molecule has 150 valence electrons. The van der Waals surface area contributed by atoms with Gasteiger partial charge in [0.05, 0.1) is 25.2 Å². The topological polar surface area (TPSA) is 97.0 Å². The number of anilines is 2. The molecule has 3 rings (SSSR count). The highest BCUT2D eigenvalue weighted by Gasteiger charge is 2.16. The Kier molecular flexibility index (Phi) is 6.30. The minimum absolute atomic E-state index is 0.0111. The van der Waals surface area contributed by atoms with E-state index < -0.39 is 10.0 Å². The molecule has 1 fully saturated rings. The minimum atomic E-state index is -3.75. The van der Waals surface area contributed by atoms with Gasteiger partial charge in [0.25, 0.3) is 15.9 Å². The molecule has 1 amide bonds. The van der Waals surface area contributed by atoms with Gasteiger partial charge in [-0.3, -0.25) is 9.63 Å². The Morgan fingerprint density at radius 1 is 1.11 bits per heavy atom. The number of aryl methyl sites for hydroxylation is 1. The van der Waals surface area contributed by atoms with Crippen LogP contribution in [0.5, 0.6) is 0 Å². The van der Waals surface area contributed by atoms with Crippen molar-refractivity contribution in [3.63, 3.8) is 0 Å². The van der Waals surface area contributed by atoms with E-state index in [4.69, 9.17) is 4.74 Å². The molecule has 9 heteroatoms. The molecule has 1 aliphatic heterocycles. The first kappa shape index (κ1) is 20.3. The van der Waals surface area contributed by atoms with Crippen LogP contribution in [0.2, 0.25) is 0 Å². The number of benzene rings is 2. The molecule has 28 heavy (non-hydrogen) atoms. The number of carbonyl (C=O) groups excluding carboxylic acids is 1. The zero-order valence-corrected chi connectivity index (χ0v) is 16.6. The number of morpholine rings is 1. The third-order valence-electron chi connectivity index (χ3n) is 4.45. The SMILES string of the molecule is CONS(=O)(=O)c1ccc(C(=O)Nc2ccc(N3CCOCC3)cc2C)cc1. The second kappa shape index (κ2) is 8.70. The molecule has 2 aromatic rings. The molecule has 0 bridgehead atoms. The molecule has 2 N–H and O–H groups in total. The number of sulfonamides is 1. The van der Waals surface area contributed by atoms with E-state index in [1.807, 2.05) is 30.0 Å². The third kappa shape index (κ3) is 4.68. The predicted octanol–water partition coefficient (Wildman–Crippen LogP) is 1.92. The number of carbonyl (C=O) groups is 1. The van der Waals surface area contributed by atoms with Gasteiger partial charge in [0.15, 0.2) is 0 Å². The van der Waals surface area contributed by atoms with Crippen LogP contribution in [0.15, 0.2) is 47.4 Å². The van der Waals surface area contributed by atoms with Gasteiger partial charge in [-0.1, -0.05) is 4.89 Å². The van der Waals surface area contributed by atoms with Crippen LogP contribution in [-0.4, -0.2) is 47.7 Å². The lowest BCUT2D eigenvalue weighted by molar-refractivity contribution is 0.102. The molecule has 8 nitrogen and oxygen atoms in total. The van der Waals surface area contributed by atoms with Crippen LogP contribution >= 0.6 is 0 Å². The lowest BCUT2D eigenvalue weighted by Crippen LogP contribution is -2.36. The standard InChI is InChI=1S/C19H23N3O5S/c1-14-13-16(22-9-11-27-12-10-22)5-8-18(14)20-19(23)15-3-6-17(7-4-15)28(24,25)21-26-2/h3-8,13,21H,9-12H2,1-2H3,(H,20,23). The Morgan fingerprint density at radius 3 is 2.39 bits per heavy atom. The molecule has 0 unspecified atom stereocenters. The molecule has 0 atom stereocenters. The van der Waals surface area contributed by atoms with Gasteiger partial charge < -0.3 is 15.0 Å². The van der Waals surface area contributed by atoms with Crippen molar-refractivity contribution < 1.29 is 22.8 Å². The molecular formula is C19H23N3O5S. The van der Waals surface area contributed by atoms with E-state index in [0.29, 0.717) is 24.5 Å². The molecule has 0 aromatic heterocycles. The van der Waals surface area contributed by atoms with Crippen molar-refractivity contribution in [2.75, 3.05) is 43.6 Å². The third-order valence-corrected chi connectivity index (χ3v) is 5.73. The highest BCUT2D eigenvalue weighted by atomic mass is 32.2. The molecule has 0 saturated carbocycles. The first-order chi connectivity index (χ1) is 13.4. The van der Waals surface area contributed by atoms with E-state index in [0.717, 1.165) is 24.3 Å². The zero-order chi connectivity index (χ0) is 20.1. The maximum absolute atomic E-state index is 12.5. The molecule has 0 radical (unpaired) electrons. The van der Waals surface area contributed by atoms with Gasteiger partial charge in [-0.05, 0) is 55.0 Å². The first-order valence-electron chi connectivity index (χ1n) is 8.80. The monoisotopic (exact) mass is 405 g/mol. The van der Waals surface area contributed by atoms with E-state index in [-0.39, 0.29) is 10.8 Å². The summed E-state index contributed by atoms with van der Waals surface area (Å²) in [6.07, 6.45) is 0. The van der Waals surface area contributed by atoms with Crippen LogP contribution in [0, 0.1) is 6.92 Å². The first-order valence-corrected chi connectivity index (χ1v) is 10.3. The Labute approximate surface area is 164 Å². The Bertz CT molecular complexity index is 939. The van der Waals surface area contributed by atoms with Gasteiger partial charge in [0, 0.05) is 30.0 Å². The summed E-state index contributed by atoms with van der Waals surface area (Å²) in [6, 6.07) is 11.5. The number of amides is 1. The van der Waals surface area contributed by atoms with E-state index in [2.05, 4.69) is 15.1 Å². The summed E-state index contributed by atoms with van der Waals surface area (Å²) in [5.74, 6) is -0.314. The van der Waals surface area contributed by atoms with Crippen molar-refractivity contribution in [2.24, 2.45) is 0 Å². The summed E-state index contributed by atoms with van der Waals surface area (Å²) in [5, 5.41) is 2.87. The quantitative estimate of drug-likeness (QED) is 0.713. The summed E-state index contributed by atoms with van der Waals surface area (Å²) in [5.41, 5.74) is 3.10. The molecule has 2 aromatic carbocycles. The van der Waals surface area contributed by atoms with Crippen LogP contribution in [0.1, 0.15) is 15.9 Å². The fourth-order valence-electron chi connectivity index (χ4n) is 2.94. The highest BCUT2D eigenvalue weighted by molar-refractivity contribution is 7.89. The van der Waals surface area contributed by atoms with E-state index in [1.165, 1.54) is 31.4 Å². The summed E-state index contributed by atoms with van der Waals surface area (Å²) in [7, 11) is -2.54. The maximum Gasteiger partial charge on any atom is 0.262 e. The van der Waals surface area contributed by atoms with Gasteiger partial charge in [0.2, 0.25) is 0 Å². The highest BCUT2D eigenvalue weighted by Crippen LogP contribution is 2.24. The van der Waals surface area contributed by atoms with E-state index in [1.54, 1.807) is 0 Å². The van der Waals surface area contributed by atoms with Gasteiger partial charge >= 0.3 is 0 Å². The molecule has 1 saturated heterocycles. The van der Waals surface area contributed by atoms with Crippen molar-refractivity contribution in [3.8, 4) is 0 Å². The molecule has 1 aliphatic rings. The van der Waals surface area contributed by atoms with Gasteiger partial charge in [-0.15, -0.1) is 0 Å². The number of ether oxygens (including phenoxy) is 1. The summed E-state index contributed by atoms with van der Waals surface area (Å²) >= 11 is 0. The molecular weight excluding hydrogens is 382 g/mol. The zero-order valence-electron chi connectivity index (χ0n) is 15.8.